The van der Waals surface area contributed by atoms with Gasteiger partial charge in [0, 0.05) is 19.7 Å². The van der Waals surface area contributed by atoms with Gasteiger partial charge in [0.25, 0.3) is 0 Å². The molecule has 0 bridgehead atoms. The summed E-state index contributed by atoms with van der Waals surface area (Å²) in [6.45, 7) is 4.54. The topological polar surface area (TPSA) is 75.0 Å². The van der Waals surface area contributed by atoms with Gasteiger partial charge in [0.2, 0.25) is 0 Å². The molecule has 1 aliphatic carbocycles. The summed E-state index contributed by atoms with van der Waals surface area (Å²) in [5.74, 6) is 1.39. The van der Waals surface area contributed by atoms with E-state index in [0.29, 0.717) is 35.7 Å². The molecule has 152 valence electrons. The van der Waals surface area contributed by atoms with Crippen LogP contribution in [0.2, 0.25) is 0 Å². The van der Waals surface area contributed by atoms with E-state index in [2.05, 4.69) is 18.8 Å². The van der Waals surface area contributed by atoms with Crippen molar-refractivity contribution in [2.45, 2.75) is 33.3 Å². The molecule has 2 aromatic heterocycles. The Morgan fingerprint density at radius 2 is 1.86 bits per heavy atom. The quantitative estimate of drug-likeness (QED) is 0.656. The number of hydrogen-bond acceptors (Lipinski definition) is 6. The van der Waals surface area contributed by atoms with Crippen molar-refractivity contribution < 1.29 is 19.0 Å². The Kier molecular flexibility index (Phi) is 4.78. The first-order valence-corrected chi connectivity index (χ1v) is 9.52. The average Bonchev–Trinajstić information content (AvgIpc) is 3.05. The number of methoxy groups -OCH3 is 3. The zero-order valence-electron chi connectivity index (χ0n) is 17.4. The van der Waals surface area contributed by atoms with E-state index in [9.17, 15) is 4.79 Å². The maximum absolute atomic E-state index is 12.7. The van der Waals surface area contributed by atoms with Gasteiger partial charge in [0.1, 0.15) is 0 Å². The van der Waals surface area contributed by atoms with Crippen molar-refractivity contribution >= 4 is 11.4 Å². The van der Waals surface area contributed by atoms with Crippen LogP contribution in [-0.2, 0) is 17.8 Å². The second kappa shape index (κ2) is 7.15. The molecule has 0 radical (unpaired) electrons. The predicted octanol–water partition coefficient (Wildman–Crippen LogP) is 3.72. The zero-order chi connectivity index (χ0) is 20.8. The van der Waals surface area contributed by atoms with Crippen molar-refractivity contribution in [1.82, 2.24) is 14.6 Å². The molecule has 7 heteroatoms. The van der Waals surface area contributed by atoms with Crippen molar-refractivity contribution in [2.75, 3.05) is 21.3 Å². The summed E-state index contributed by atoms with van der Waals surface area (Å²) < 4.78 is 18.0. The number of carbonyl (C=O) groups is 1. The van der Waals surface area contributed by atoms with Crippen LogP contribution >= 0.6 is 0 Å². The van der Waals surface area contributed by atoms with Crippen LogP contribution in [0.1, 0.15) is 42.0 Å². The summed E-state index contributed by atoms with van der Waals surface area (Å²) in [4.78, 5) is 17.3. The molecule has 2 heterocycles. The third kappa shape index (κ3) is 3.25. The Morgan fingerprint density at radius 1 is 1.10 bits per heavy atom. The number of ether oxygens (including phenoxy) is 3. The van der Waals surface area contributed by atoms with Crippen LogP contribution in [0.3, 0.4) is 0 Å². The summed E-state index contributed by atoms with van der Waals surface area (Å²) in [7, 11) is 4.85. The fraction of sp³-hybridized carbons (Fsp3) is 0.409. The number of benzene rings is 1. The van der Waals surface area contributed by atoms with E-state index >= 15 is 0 Å². The van der Waals surface area contributed by atoms with Crippen LogP contribution in [0.5, 0.6) is 11.5 Å². The van der Waals surface area contributed by atoms with E-state index < -0.39 is 0 Å². The first kappa shape index (κ1) is 19.4. The fourth-order valence-electron chi connectivity index (χ4n) is 4.05. The highest BCUT2D eigenvalue weighted by molar-refractivity contribution is 5.99. The Balaban J connectivity index is 1.97. The molecule has 0 aliphatic heterocycles. The number of rotatable bonds is 5. The molecule has 1 aliphatic rings. The Morgan fingerprint density at radius 3 is 2.55 bits per heavy atom. The minimum atomic E-state index is -0.116. The maximum Gasteiger partial charge on any atom is 0.166 e. The van der Waals surface area contributed by atoms with Crippen LogP contribution in [0.15, 0.2) is 24.4 Å². The van der Waals surface area contributed by atoms with Gasteiger partial charge in [0.05, 0.1) is 43.3 Å². The molecule has 29 heavy (non-hydrogen) atoms. The van der Waals surface area contributed by atoms with E-state index in [0.717, 1.165) is 28.9 Å². The SMILES string of the molecule is COCc1nn2c3c(cnc2c1-c1ccc(OC)c(OC)c1)C(=O)CC(C)(C)C3. The lowest BCUT2D eigenvalue weighted by molar-refractivity contribution is 0.0908. The van der Waals surface area contributed by atoms with Gasteiger partial charge in [-0.3, -0.25) is 4.79 Å². The van der Waals surface area contributed by atoms with Crippen LogP contribution < -0.4 is 9.47 Å². The number of Topliss-reactive ketones (excluding diaryl/α,β-unsaturated/α-hetero) is 1. The van der Waals surface area contributed by atoms with Gasteiger partial charge < -0.3 is 14.2 Å². The molecule has 3 aromatic rings. The van der Waals surface area contributed by atoms with Gasteiger partial charge in [-0.2, -0.15) is 5.10 Å². The highest BCUT2D eigenvalue weighted by atomic mass is 16.5. The maximum atomic E-state index is 12.7. The van der Waals surface area contributed by atoms with Gasteiger partial charge in [-0.15, -0.1) is 0 Å². The second-order valence-corrected chi connectivity index (χ2v) is 8.12. The largest absolute Gasteiger partial charge is 0.493 e. The molecule has 0 spiro atoms. The standard InChI is InChI=1S/C22H25N3O4/c1-22(2)9-16-14(17(26)10-22)11-23-21-20(15(12-27-3)24-25(16)21)13-6-7-18(28-4)19(8-13)29-5/h6-8,11H,9-10,12H2,1-5H3. The second-order valence-electron chi connectivity index (χ2n) is 8.12. The van der Waals surface area contributed by atoms with Gasteiger partial charge in [0.15, 0.2) is 22.9 Å². The number of carbonyl (C=O) groups excluding carboxylic acids is 1. The number of nitrogens with zero attached hydrogens (tertiary/aromatic N) is 3. The molecule has 0 amide bonds. The summed E-state index contributed by atoms with van der Waals surface area (Å²) in [6.07, 6.45) is 2.96. The zero-order valence-corrected chi connectivity index (χ0v) is 17.4. The molecule has 0 unspecified atom stereocenters. The highest BCUT2D eigenvalue weighted by Crippen LogP contribution is 2.38. The molecule has 0 N–H and O–H groups in total. The average molecular weight is 395 g/mol. The predicted molar refractivity (Wildman–Crippen MR) is 109 cm³/mol. The molecular weight excluding hydrogens is 370 g/mol. The van der Waals surface area contributed by atoms with Gasteiger partial charge in [-0.1, -0.05) is 19.9 Å². The minimum absolute atomic E-state index is 0.113. The first-order valence-electron chi connectivity index (χ1n) is 9.52. The number of ketones is 1. The molecular formula is C22H25N3O4. The van der Waals surface area contributed by atoms with Crippen molar-refractivity contribution in [1.29, 1.82) is 0 Å². The number of hydrogen-bond donors (Lipinski definition) is 0. The van der Waals surface area contributed by atoms with Gasteiger partial charge in [-0.25, -0.2) is 9.50 Å². The van der Waals surface area contributed by atoms with Crippen molar-refractivity contribution in [2.24, 2.45) is 5.41 Å². The lowest BCUT2D eigenvalue weighted by atomic mass is 9.76. The van der Waals surface area contributed by atoms with E-state index in [4.69, 9.17) is 19.3 Å². The molecule has 7 nitrogen and oxygen atoms in total. The number of aromatic nitrogens is 3. The molecule has 0 fully saturated rings. The lowest BCUT2D eigenvalue weighted by Crippen LogP contribution is -2.29. The summed E-state index contributed by atoms with van der Waals surface area (Å²) in [5.41, 5.74) is 4.67. The molecule has 0 saturated heterocycles. The van der Waals surface area contributed by atoms with Crippen LogP contribution in [-0.4, -0.2) is 41.7 Å². The summed E-state index contributed by atoms with van der Waals surface area (Å²) in [6, 6.07) is 5.72. The fourth-order valence-corrected chi connectivity index (χ4v) is 4.05. The van der Waals surface area contributed by atoms with E-state index in [1.54, 1.807) is 27.5 Å². The molecule has 4 rings (SSSR count). The smallest absolute Gasteiger partial charge is 0.166 e. The van der Waals surface area contributed by atoms with E-state index in [1.165, 1.54) is 0 Å². The van der Waals surface area contributed by atoms with Gasteiger partial charge >= 0.3 is 0 Å². The lowest BCUT2D eigenvalue weighted by Gasteiger charge is -2.29. The third-order valence-electron chi connectivity index (χ3n) is 5.35. The Bertz CT molecular complexity index is 1100. The van der Waals surface area contributed by atoms with Crippen LogP contribution in [0.4, 0.5) is 0 Å². The molecule has 1 aromatic carbocycles. The normalized spacial score (nSPS) is 15.4. The van der Waals surface area contributed by atoms with Crippen LogP contribution in [0, 0.1) is 5.41 Å². The first-order chi connectivity index (χ1) is 13.9. The van der Waals surface area contributed by atoms with Crippen molar-refractivity contribution in [3.63, 3.8) is 0 Å². The summed E-state index contributed by atoms with van der Waals surface area (Å²) in [5, 5.41) is 4.80. The third-order valence-corrected chi connectivity index (χ3v) is 5.35. The Labute approximate surface area is 169 Å². The highest BCUT2D eigenvalue weighted by Gasteiger charge is 2.34. The Hall–Kier alpha value is -2.93. The summed E-state index contributed by atoms with van der Waals surface area (Å²) >= 11 is 0. The monoisotopic (exact) mass is 395 g/mol. The van der Waals surface area contributed by atoms with Crippen LogP contribution in [0.25, 0.3) is 16.8 Å². The van der Waals surface area contributed by atoms with Crippen molar-refractivity contribution in [3.05, 3.63) is 41.3 Å². The minimum Gasteiger partial charge on any atom is -0.493 e. The van der Waals surface area contributed by atoms with E-state index in [1.807, 2.05) is 22.7 Å². The van der Waals surface area contributed by atoms with E-state index in [-0.39, 0.29) is 11.2 Å². The molecule has 0 atom stereocenters. The number of fused-ring (bicyclic) bond motifs is 3. The van der Waals surface area contributed by atoms with Gasteiger partial charge in [-0.05, 0) is 29.5 Å². The van der Waals surface area contributed by atoms with Crippen molar-refractivity contribution in [3.8, 4) is 22.6 Å². The molecule has 0 saturated carbocycles.